The van der Waals surface area contributed by atoms with Crippen LogP contribution >= 0.6 is 7.14 Å². The minimum Gasteiger partial charge on any atom is -0.319 e. The molecule has 2 heteroatoms. The van der Waals surface area contributed by atoms with E-state index >= 15 is 0 Å². The highest BCUT2D eigenvalue weighted by molar-refractivity contribution is 7.70. The van der Waals surface area contributed by atoms with Crippen molar-refractivity contribution >= 4 is 23.2 Å². The molecule has 0 saturated carbocycles. The van der Waals surface area contributed by atoms with Gasteiger partial charge in [0, 0.05) is 5.30 Å². The normalized spacial score (nSPS) is 11.6. The standard InChI is InChI=1S/C30H25OP/c1-32(2,31)26-12-8-11-25(21-26)28-20-19-27(29-13-6-7-14-30(28)29)24-17-15-23(16-18-24)22-9-4-3-5-10-22/h3-21H,1-2H3. The first-order chi connectivity index (χ1) is 15.5. The Morgan fingerprint density at radius 1 is 0.469 bits per heavy atom. The molecule has 0 saturated heterocycles. The second kappa shape index (κ2) is 8.26. The Bertz CT molecular complexity index is 1440. The summed E-state index contributed by atoms with van der Waals surface area (Å²) in [5, 5.41) is 3.34. The number of hydrogen-bond donors (Lipinski definition) is 0. The lowest BCUT2D eigenvalue weighted by molar-refractivity contribution is 0.588. The molecule has 5 aromatic rings. The van der Waals surface area contributed by atoms with Crippen molar-refractivity contribution in [3.63, 3.8) is 0 Å². The van der Waals surface area contributed by atoms with Gasteiger partial charge in [-0.2, -0.15) is 0 Å². The fourth-order valence-electron chi connectivity index (χ4n) is 4.28. The molecule has 0 aliphatic carbocycles. The van der Waals surface area contributed by atoms with Crippen molar-refractivity contribution in [1.29, 1.82) is 0 Å². The van der Waals surface area contributed by atoms with Crippen molar-refractivity contribution in [1.82, 2.24) is 0 Å². The molecule has 156 valence electrons. The lowest BCUT2D eigenvalue weighted by Crippen LogP contribution is -2.02. The maximum Gasteiger partial charge on any atom is 0.109 e. The first-order valence-corrected chi connectivity index (χ1v) is 13.4. The van der Waals surface area contributed by atoms with Crippen molar-refractivity contribution in [2.45, 2.75) is 0 Å². The Morgan fingerprint density at radius 3 is 1.59 bits per heavy atom. The molecular weight excluding hydrogens is 407 g/mol. The van der Waals surface area contributed by atoms with Gasteiger partial charge in [-0.3, -0.25) is 0 Å². The van der Waals surface area contributed by atoms with E-state index in [-0.39, 0.29) is 0 Å². The van der Waals surface area contributed by atoms with E-state index in [1.165, 1.54) is 38.6 Å². The zero-order chi connectivity index (χ0) is 22.1. The van der Waals surface area contributed by atoms with Gasteiger partial charge in [0.05, 0.1) is 0 Å². The third kappa shape index (κ3) is 3.93. The van der Waals surface area contributed by atoms with Crippen LogP contribution < -0.4 is 5.30 Å². The summed E-state index contributed by atoms with van der Waals surface area (Å²) >= 11 is 0. The van der Waals surface area contributed by atoms with Gasteiger partial charge >= 0.3 is 0 Å². The van der Waals surface area contributed by atoms with Crippen molar-refractivity contribution < 1.29 is 4.57 Å². The molecule has 32 heavy (non-hydrogen) atoms. The van der Waals surface area contributed by atoms with Gasteiger partial charge in [0.1, 0.15) is 7.14 Å². The van der Waals surface area contributed by atoms with Gasteiger partial charge in [-0.25, -0.2) is 0 Å². The summed E-state index contributed by atoms with van der Waals surface area (Å²) in [6, 6.07) is 40.4. The highest BCUT2D eigenvalue weighted by atomic mass is 31.2. The highest BCUT2D eigenvalue weighted by Crippen LogP contribution is 2.39. The van der Waals surface area contributed by atoms with Crippen molar-refractivity contribution in [2.24, 2.45) is 0 Å². The van der Waals surface area contributed by atoms with Crippen LogP contribution in [0.5, 0.6) is 0 Å². The Hall–Kier alpha value is -3.41. The second-order valence-electron chi connectivity index (χ2n) is 8.55. The fourth-order valence-corrected chi connectivity index (χ4v) is 5.18. The van der Waals surface area contributed by atoms with E-state index in [9.17, 15) is 4.57 Å². The average Bonchev–Trinajstić information content (AvgIpc) is 2.84. The SMILES string of the molecule is CP(C)(=O)c1cccc(-c2ccc(-c3ccc(-c4ccccc4)cc3)c3ccccc23)c1. The summed E-state index contributed by atoms with van der Waals surface area (Å²) < 4.78 is 12.6. The van der Waals surface area contributed by atoms with Crippen LogP contribution in [0.3, 0.4) is 0 Å². The van der Waals surface area contributed by atoms with Crippen LogP contribution in [0.25, 0.3) is 44.2 Å². The molecule has 0 bridgehead atoms. The third-order valence-corrected chi connectivity index (χ3v) is 7.53. The van der Waals surface area contributed by atoms with Crippen molar-refractivity contribution in [3.8, 4) is 33.4 Å². The number of fused-ring (bicyclic) bond motifs is 1. The summed E-state index contributed by atoms with van der Waals surface area (Å²) in [7, 11) is -2.31. The fraction of sp³-hybridized carbons (Fsp3) is 0.0667. The summed E-state index contributed by atoms with van der Waals surface area (Å²) in [4.78, 5) is 0. The Morgan fingerprint density at radius 2 is 0.969 bits per heavy atom. The molecular formula is C30H25OP. The van der Waals surface area contributed by atoms with Gasteiger partial charge in [0.2, 0.25) is 0 Å². The van der Waals surface area contributed by atoms with E-state index in [4.69, 9.17) is 0 Å². The monoisotopic (exact) mass is 432 g/mol. The summed E-state index contributed by atoms with van der Waals surface area (Å²) in [6.45, 7) is 3.65. The Balaban J connectivity index is 1.61. The zero-order valence-electron chi connectivity index (χ0n) is 18.3. The van der Waals surface area contributed by atoms with Crippen molar-refractivity contribution in [2.75, 3.05) is 13.3 Å². The Labute approximate surface area is 189 Å². The van der Waals surface area contributed by atoms with E-state index in [1.54, 1.807) is 0 Å². The minimum absolute atomic E-state index is 0.916. The first kappa shape index (κ1) is 20.5. The molecule has 0 aliphatic rings. The molecule has 0 aliphatic heterocycles. The van der Waals surface area contributed by atoms with E-state index < -0.39 is 7.14 Å². The predicted molar refractivity (Wildman–Crippen MR) is 139 cm³/mol. The molecule has 0 amide bonds. The molecule has 0 unspecified atom stereocenters. The van der Waals surface area contributed by atoms with Gasteiger partial charge < -0.3 is 4.57 Å². The quantitative estimate of drug-likeness (QED) is 0.262. The molecule has 1 nitrogen and oxygen atoms in total. The molecule has 5 aromatic carbocycles. The molecule has 0 N–H and O–H groups in total. The molecule has 0 radical (unpaired) electrons. The van der Waals surface area contributed by atoms with Crippen LogP contribution in [0.1, 0.15) is 0 Å². The lowest BCUT2D eigenvalue weighted by Gasteiger charge is -2.14. The number of rotatable bonds is 4. The van der Waals surface area contributed by atoms with Crippen molar-refractivity contribution in [3.05, 3.63) is 115 Å². The zero-order valence-corrected chi connectivity index (χ0v) is 19.2. The third-order valence-electron chi connectivity index (χ3n) is 6.01. The van der Waals surface area contributed by atoms with E-state index in [0.29, 0.717) is 0 Å². The molecule has 0 spiro atoms. The van der Waals surface area contributed by atoms with Crippen LogP contribution in [0.4, 0.5) is 0 Å². The van der Waals surface area contributed by atoms with Crippen LogP contribution in [-0.2, 0) is 4.57 Å². The first-order valence-electron chi connectivity index (χ1n) is 10.8. The van der Waals surface area contributed by atoms with Gasteiger partial charge in [0.15, 0.2) is 0 Å². The molecule has 5 rings (SSSR count). The summed E-state index contributed by atoms with van der Waals surface area (Å²) in [5.74, 6) is 0. The van der Waals surface area contributed by atoms with Gasteiger partial charge in [-0.15, -0.1) is 0 Å². The summed E-state index contributed by atoms with van der Waals surface area (Å²) in [6.07, 6.45) is 0. The second-order valence-corrected chi connectivity index (χ2v) is 11.8. The molecule has 0 aromatic heterocycles. The van der Waals surface area contributed by atoms with Gasteiger partial charge in [0.25, 0.3) is 0 Å². The van der Waals surface area contributed by atoms with E-state index in [0.717, 1.165) is 10.9 Å². The topological polar surface area (TPSA) is 17.1 Å². The van der Waals surface area contributed by atoms with Crippen LogP contribution in [0.2, 0.25) is 0 Å². The molecule has 0 atom stereocenters. The van der Waals surface area contributed by atoms with E-state index in [1.807, 2.05) is 31.5 Å². The van der Waals surface area contributed by atoms with Crippen LogP contribution in [-0.4, -0.2) is 13.3 Å². The maximum absolute atomic E-state index is 12.6. The average molecular weight is 433 g/mol. The van der Waals surface area contributed by atoms with Gasteiger partial charge in [-0.05, 0) is 63.5 Å². The maximum atomic E-state index is 12.6. The minimum atomic E-state index is -2.31. The lowest BCUT2D eigenvalue weighted by atomic mass is 9.91. The predicted octanol–water partition coefficient (Wildman–Crippen LogP) is 8.09. The Kier molecular flexibility index (Phi) is 5.29. The molecule has 0 heterocycles. The smallest absolute Gasteiger partial charge is 0.109 e. The van der Waals surface area contributed by atoms with Crippen LogP contribution in [0, 0.1) is 0 Å². The largest absolute Gasteiger partial charge is 0.319 e. The number of hydrogen-bond acceptors (Lipinski definition) is 1. The number of benzene rings is 5. The van der Waals surface area contributed by atoms with Crippen LogP contribution in [0.15, 0.2) is 115 Å². The van der Waals surface area contributed by atoms with E-state index in [2.05, 4.69) is 97.1 Å². The molecule has 0 fully saturated rings. The summed E-state index contributed by atoms with van der Waals surface area (Å²) in [5.41, 5.74) is 7.14. The van der Waals surface area contributed by atoms with Gasteiger partial charge in [-0.1, -0.05) is 109 Å². The highest BCUT2D eigenvalue weighted by Gasteiger charge is 2.14.